The van der Waals surface area contributed by atoms with Crippen molar-refractivity contribution in [2.24, 2.45) is 5.73 Å². The number of hydrogen-bond donors (Lipinski definition) is 2. The van der Waals surface area contributed by atoms with E-state index in [-0.39, 0.29) is 6.42 Å². The summed E-state index contributed by atoms with van der Waals surface area (Å²) in [6.07, 6.45) is 2.08. The van der Waals surface area contributed by atoms with Crippen LogP contribution in [-0.2, 0) is 4.79 Å². The minimum atomic E-state index is -0.706. The number of hydrogen-bond acceptors (Lipinski definition) is 4. The summed E-state index contributed by atoms with van der Waals surface area (Å²) in [4.78, 5) is 10.1. The Morgan fingerprint density at radius 3 is 2.33 bits per heavy atom. The minimum absolute atomic E-state index is 0.282. The Morgan fingerprint density at radius 2 is 1.83 bits per heavy atom. The van der Waals surface area contributed by atoms with Crippen LogP contribution < -0.4 is 5.73 Å². The predicted molar refractivity (Wildman–Crippen MR) is 55.5 cm³/mol. The van der Waals surface area contributed by atoms with Gasteiger partial charge in [-0.2, -0.15) is 0 Å². The zero-order chi connectivity index (χ0) is 9.23. The molecule has 0 aromatic carbocycles. The molecule has 0 unspecified atom stereocenters. The molecule has 12 heavy (non-hydrogen) atoms. The number of carboxylic acids is 1. The maximum absolute atomic E-state index is 10.1. The van der Waals surface area contributed by atoms with Gasteiger partial charge in [0.05, 0.1) is 0 Å². The lowest BCUT2D eigenvalue weighted by Crippen LogP contribution is -1.98. The third kappa shape index (κ3) is 10.1. The zero-order valence-electron chi connectivity index (χ0n) is 6.99. The van der Waals surface area contributed by atoms with Crippen LogP contribution in [0.15, 0.2) is 0 Å². The maximum Gasteiger partial charge on any atom is 0.303 e. The molecule has 0 aliphatic carbocycles. The van der Waals surface area contributed by atoms with E-state index in [9.17, 15) is 4.79 Å². The molecule has 72 valence electrons. The highest BCUT2D eigenvalue weighted by molar-refractivity contribution is 8.76. The second kappa shape index (κ2) is 9.22. The molecule has 0 aliphatic rings. The molecule has 0 aliphatic heterocycles. The van der Waals surface area contributed by atoms with E-state index in [0.717, 1.165) is 30.9 Å². The Kier molecular flexibility index (Phi) is 9.32. The zero-order valence-corrected chi connectivity index (χ0v) is 8.62. The first kappa shape index (κ1) is 12.1. The molecular weight excluding hydrogens is 194 g/mol. The van der Waals surface area contributed by atoms with Crippen LogP contribution >= 0.6 is 21.6 Å². The van der Waals surface area contributed by atoms with E-state index >= 15 is 0 Å². The van der Waals surface area contributed by atoms with Crippen LogP contribution in [-0.4, -0.2) is 29.1 Å². The Morgan fingerprint density at radius 1 is 1.25 bits per heavy atom. The summed E-state index contributed by atoms with van der Waals surface area (Å²) in [6.45, 7) is 0.739. The van der Waals surface area contributed by atoms with Gasteiger partial charge in [-0.25, -0.2) is 0 Å². The highest BCUT2D eigenvalue weighted by atomic mass is 33.1. The van der Waals surface area contributed by atoms with Gasteiger partial charge in [0.25, 0.3) is 0 Å². The van der Waals surface area contributed by atoms with E-state index in [1.165, 1.54) is 0 Å². The Balaban J connectivity index is 2.86. The number of carbonyl (C=O) groups is 1. The van der Waals surface area contributed by atoms with Gasteiger partial charge in [-0.1, -0.05) is 21.6 Å². The van der Waals surface area contributed by atoms with Crippen molar-refractivity contribution in [2.45, 2.75) is 19.3 Å². The fourth-order valence-corrected chi connectivity index (χ4v) is 2.74. The first-order valence-corrected chi connectivity index (χ1v) is 6.42. The molecule has 0 fully saturated rings. The second-order valence-corrected chi connectivity index (χ2v) is 4.99. The van der Waals surface area contributed by atoms with E-state index in [2.05, 4.69) is 0 Å². The molecule has 5 heteroatoms. The van der Waals surface area contributed by atoms with Gasteiger partial charge < -0.3 is 10.8 Å². The van der Waals surface area contributed by atoms with Gasteiger partial charge in [0.1, 0.15) is 0 Å². The summed E-state index contributed by atoms with van der Waals surface area (Å²) >= 11 is 0. The van der Waals surface area contributed by atoms with E-state index in [1.807, 2.05) is 0 Å². The molecule has 0 saturated heterocycles. The number of carboxylic acid groups (broad SMARTS) is 1. The molecule has 0 saturated carbocycles. The molecule has 3 nitrogen and oxygen atoms in total. The van der Waals surface area contributed by atoms with Gasteiger partial charge in [0.2, 0.25) is 0 Å². The monoisotopic (exact) mass is 209 g/mol. The lowest BCUT2D eigenvalue weighted by molar-refractivity contribution is -0.137. The lowest BCUT2D eigenvalue weighted by Gasteiger charge is -1.98. The molecule has 0 aromatic heterocycles. The molecule has 0 rings (SSSR count). The van der Waals surface area contributed by atoms with Crippen LogP contribution in [0.1, 0.15) is 19.3 Å². The highest BCUT2D eigenvalue weighted by Crippen LogP contribution is 2.22. The van der Waals surface area contributed by atoms with Gasteiger partial charge >= 0.3 is 5.97 Å². The average molecular weight is 209 g/mol. The van der Waals surface area contributed by atoms with Crippen LogP contribution in [0.2, 0.25) is 0 Å². The first-order valence-electron chi connectivity index (χ1n) is 3.93. The smallest absolute Gasteiger partial charge is 0.303 e. The van der Waals surface area contributed by atoms with Crippen molar-refractivity contribution in [1.29, 1.82) is 0 Å². The van der Waals surface area contributed by atoms with Crippen molar-refractivity contribution in [3.05, 3.63) is 0 Å². The largest absolute Gasteiger partial charge is 0.481 e. The summed E-state index contributed by atoms with van der Waals surface area (Å²) in [5.74, 6) is 1.28. The molecule has 0 atom stereocenters. The van der Waals surface area contributed by atoms with Crippen LogP contribution in [0.5, 0.6) is 0 Å². The molecule has 0 spiro atoms. The van der Waals surface area contributed by atoms with E-state index in [0.29, 0.717) is 0 Å². The summed E-state index contributed by atoms with van der Waals surface area (Å²) in [5, 5.41) is 8.32. The Hall–Kier alpha value is 0.130. The number of rotatable bonds is 8. The highest BCUT2D eigenvalue weighted by Gasteiger charge is 1.96. The van der Waals surface area contributed by atoms with Gasteiger partial charge in [-0.05, 0) is 19.4 Å². The van der Waals surface area contributed by atoms with Gasteiger partial charge in [-0.15, -0.1) is 0 Å². The van der Waals surface area contributed by atoms with Crippen molar-refractivity contribution >= 4 is 27.6 Å². The van der Waals surface area contributed by atoms with Crippen molar-refractivity contribution in [3.8, 4) is 0 Å². The third-order valence-electron chi connectivity index (χ3n) is 1.13. The van der Waals surface area contributed by atoms with E-state index in [4.69, 9.17) is 10.8 Å². The SMILES string of the molecule is NCCCSSCCCC(=O)O. The normalized spacial score (nSPS) is 10.1. The lowest BCUT2D eigenvalue weighted by atomic mass is 10.3. The second-order valence-electron chi connectivity index (χ2n) is 2.28. The fourth-order valence-electron chi connectivity index (χ4n) is 0.542. The molecule has 0 heterocycles. The van der Waals surface area contributed by atoms with Crippen molar-refractivity contribution < 1.29 is 9.90 Å². The Bertz CT molecular complexity index is 122. The molecule has 0 amide bonds. The van der Waals surface area contributed by atoms with Crippen LogP contribution in [0.4, 0.5) is 0 Å². The van der Waals surface area contributed by atoms with E-state index in [1.54, 1.807) is 21.6 Å². The predicted octanol–water partition coefficient (Wildman–Crippen LogP) is 1.58. The van der Waals surface area contributed by atoms with Crippen molar-refractivity contribution in [3.63, 3.8) is 0 Å². The van der Waals surface area contributed by atoms with Crippen LogP contribution in [0, 0.1) is 0 Å². The molecular formula is C7H15NO2S2. The average Bonchev–Trinajstić information content (AvgIpc) is 2.02. The van der Waals surface area contributed by atoms with Crippen molar-refractivity contribution in [2.75, 3.05) is 18.1 Å². The van der Waals surface area contributed by atoms with Gasteiger partial charge in [0, 0.05) is 17.9 Å². The molecule has 0 radical (unpaired) electrons. The van der Waals surface area contributed by atoms with Gasteiger partial charge in [-0.3, -0.25) is 4.79 Å². The standard InChI is InChI=1S/C7H15NO2S2/c8-4-2-6-12-11-5-1-3-7(9)10/h1-6,8H2,(H,9,10). The van der Waals surface area contributed by atoms with Crippen molar-refractivity contribution in [1.82, 2.24) is 0 Å². The third-order valence-corrected chi connectivity index (χ3v) is 3.71. The minimum Gasteiger partial charge on any atom is -0.481 e. The van der Waals surface area contributed by atoms with E-state index < -0.39 is 5.97 Å². The topological polar surface area (TPSA) is 63.3 Å². The molecule has 0 bridgehead atoms. The first-order chi connectivity index (χ1) is 5.77. The molecule has 3 N–H and O–H groups in total. The maximum atomic E-state index is 10.1. The van der Waals surface area contributed by atoms with Crippen LogP contribution in [0.25, 0.3) is 0 Å². The van der Waals surface area contributed by atoms with Gasteiger partial charge in [0.15, 0.2) is 0 Å². The quantitative estimate of drug-likeness (QED) is 0.469. The molecule has 0 aromatic rings. The number of nitrogens with two attached hydrogens (primary N) is 1. The summed E-state index contributed by atoms with van der Waals surface area (Å²) in [5.41, 5.74) is 5.31. The Labute approximate surface area is 80.9 Å². The fraction of sp³-hybridized carbons (Fsp3) is 0.857. The summed E-state index contributed by atoms with van der Waals surface area (Å²) < 4.78 is 0. The summed E-state index contributed by atoms with van der Waals surface area (Å²) in [6, 6.07) is 0. The number of aliphatic carboxylic acids is 1. The van der Waals surface area contributed by atoms with Crippen LogP contribution in [0.3, 0.4) is 0 Å². The summed E-state index contributed by atoms with van der Waals surface area (Å²) in [7, 11) is 3.51.